The van der Waals surface area contributed by atoms with E-state index in [1.807, 2.05) is 37.3 Å². The zero-order valence-electron chi connectivity index (χ0n) is 12.2. The van der Waals surface area contributed by atoms with Gasteiger partial charge in [-0.3, -0.25) is 4.79 Å². The van der Waals surface area contributed by atoms with Crippen LogP contribution in [-0.2, 0) is 4.79 Å². The Morgan fingerprint density at radius 3 is 2.67 bits per heavy atom. The van der Waals surface area contributed by atoms with Gasteiger partial charge in [-0.15, -0.1) is 0 Å². The fourth-order valence-electron chi connectivity index (χ4n) is 2.08. The molecule has 0 saturated carbocycles. The Labute approximate surface area is 124 Å². The molecule has 1 aromatic carbocycles. The molecule has 0 aliphatic rings. The Balaban J connectivity index is 1.86. The summed E-state index contributed by atoms with van der Waals surface area (Å²) in [5.74, 6) is 1.18. The lowest BCUT2D eigenvalue weighted by molar-refractivity contribution is -0.116. The molecule has 2 N–H and O–H groups in total. The minimum atomic E-state index is -0.767. The standard InChI is InChI=1S/C17H19NO3/c1-12-10-15(13(2)21-12)16(19)11-18-17(20)9-8-14-6-4-3-5-7-14/h3-10,16,19H,11H2,1-2H3,(H,18,20)/b9-8+. The molecule has 21 heavy (non-hydrogen) atoms. The van der Waals surface area contributed by atoms with Gasteiger partial charge < -0.3 is 14.8 Å². The predicted molar refractivity (Wildman–Crippen MR) is 81.6 cm³/mol. The maximum atomic E-state index is 11.7. The number of carbonyl (C=O) groups excluding carboxylic acids is 1. The van der Waals surface area contributed by atoms with Crippen molar-refractivity contribution in [1.29, 1.82) is 0 Å². The number of aliphatic hydroxyl groups is 1. The number of aliphatic hydroxyl groups excluding tert-OH is 1. The van der Waals surface area contributed by atoms with E-state index in [0.29, 0.717) is 11.3 Å². The van der Waals surface area contributed by atoms with Crippen LogP contribution in [0.3, 0.4) is 0 Å². The average Bonchev–Trinajstić information content (AvgIpc) is 2.82. The monoisotopic (exact) mass is 285 g/mol. The van der Waals surface area contributed by atoms with Gasteiger partial charge in [-0.25, -0.2) is 0 Å². The SMILES string of the molecule is Cc1cc(C(O)CNC(=O)/C=C/c2ccccc2)c(C)o1. The van der Waals surface area contributed by atoms with Crippen molar-refractivity contribution >= 4 is 12.0 Å². The Morgan fingerprint density at radius 2 is 2.05 bits per heavy atom. The molecule has 0 spiro atoms. The van der Waals surface area contributed by atoms with Crippen LogP contribution in [0.4, 0.5) is 0 Å². The van der Waals surface area contributed by atoms with Gasteiger partial charge in [0.25, 0.3) is 0 Å². The topological polar surface area (TPSA) is 62.5 Å². The van der Waals surface area contributed by atoms with E-state index in [9.17, 15) is 9.90 Å². The molecule has 0 bridgehead atoms. The molecule has 1 amide bonds. The van der Waals surface area contributed by atoms with Crippen molar-refractivity contribution in [2.75, 3.05) is 6.54 Å². The number of aryl methyl sites for hydroxylation is 2. The van der Waals surface area contributed by atoms with Gasteiger partial charge in [0.2, 0.25) is 5.91 Å². The number of hydrogen-bond donors (Lipinski definition) is 2. The summed E-state index contributed by atoms with van der Waals surface area (Å²) in [7, 11) is 0. The van der Waals surface area contributed by atoms with E-state index in [2.05, 4.69) is 5.32 Å². The van der Waals surface area contributed by atoms with Crippen LogP contribution in [0.1, 0.15) is 28.8 Å². The summed E-state index contributed by atoms with van der Waals surface area (Å²) in [5.41, 5.74) is 1.66. The number of hydrogen-bond acceptors (Lipinski definition) is 3. The molecule has 110 valence electrons. The molecule has 0 radical (unpaired) electrons. The predicted octanol–water partition coefficient (Wildman–Crippen LogP) is 2.76. The van der Waals surface area contributed by atoms with E-state index in [4.69, 9.17) is 4.42 Å². The Morgan fingerprint density at radius 1 is 1.33 bits per heavy atom. The number of furan rings is 1. The molecule has 0 saturated heterocycles. The molecule has 4 heteroatoms. The van der Waals surface area contributed by atoms with Crippen molar-refractivity contribution < 1.29 is 14.3 Å². The second-order valence-corrected chi connectivity index (χ2v) is 4.87. The first-order valence-corrected chi connectivity index (χ1v) is 6.82. The molecule has 0 aliphatic carbocycles. The first-order chi connectivity index (χ1) is 10.1. The van der Waals surface area contributed by atoms with Gasteiger partial charge in [-0.1, -0.05) is 30.3 Å². The molecule has 1 unspecified atom stereocenters. The molecule has 0 aliphatic heterocycles. The van der Waals surface area contributed by atoms with Crippen LogP contribution >= 0.6 is 0 Å². The summed E-state index contributed by atoms with van der Waals surface area (Å²) < 4.78 is 5.36. The van der Waals surface area contributed by atoms with Crippen molar-refractivity contribution in [2.24, 2.45) is 0 Å². The van der Waals surface area contributed by atoms with Gasteiger partial charge in [-0.05, 0) is 31.6 Å². The Hall–Kier alpha value is -2.33. The summed E-state index contributed by atoms with van der Waals surface area (Å²) in [5, 5.41) is 12.7. The molecular weight excluding hydrogens is 266 g/mol. The number of rotatable bonds is 5. The smallest absolute Gasteiger partial charge is 0.244 e. The average molecular weight is 285 g/mol. The van der Waals surface area contributed by atoms with E-state index in [1.54, 1.807) is 19.1 Å². The van der Waals surface area contributed by atoms with Crippen molar-refractivity contribution in [2.45, 2.75) is 20.0 Å². The second kappa shape index (κ2) is 6.90. The first-order valence-electron chi connectivity index (χ1n) is 6.82. The highest BCUT2D eigenvalue weighted by molar-refractivity contribution is 5.91. The van der Waals surface area contributed by atoms with Gasteiger partial charge in [0.15, 0.2) is 0 Å². The second-order valence-electron chi connectivity index (χ2n) is 4.87. The van der Waals surface area contributed by atoms with Crippen LogP contribution in [0.2, 0.25) is 0 Å². The fourth-order valence-corrected chi connectivity index (χ4v) is 2.08. The van der Waals surface area contributed by atoms with Crippen LogP contribution in [0, 0.1) is 13.8 Å². The van der Waals surface area contributed by atoms with E-state index in [0.717, 1.165) is 11.3 Å². The molecule has 4 nitrogen and oxygen atoms in total. The molecule has 2 rings (SSSR count). The lowest BCUT2D eigenvalue weighted by Crippen LogP contribution is -2.26. The summed E-state index contributed by atoms with van der Waals surface area (Å²) in [6, 6.07) is 11.3. The highest BCUT2D eigenvalue weighted by Gasteiger charge is 2.14. The van der Waals surface area contributed by atoms with E-state index in [-0.39, 0.29) is 12.5 Å². The molecular formula is C17H19NO3. The van der Waals surface area contributed by atoms with E-state index >= 15 is 0 Å². The van der Waals surface area contributed by atoms with Crippen molar-refractivity contribution in [3.8, 4) is 0 Å². The summed E-state index contributed by atoms with van der Waals surface area (Å²) in [6.07, 6.45) is 2.42. The van der Waals surface area contributed by atoms with Crippen LogP contribution in [0.5, 0.6) is 0 Å². The highest BCUT2D eigenvalue weighted by atomic mass is 16.3. The van der Waals surface area contributed by atoms with Crippen molar-refractivity contribution in [3.63, 3.8) is 0 Å². The minimum Gasteiger partial charge on any atom is -0.466 e. The zero-order valence-corrected chi connectivity index (χ0v) is 12.2. The number of nitrogens with one attached hydrogen (secondary N) is 1. The summed E-state index contributed by atoms with van der Waals surface area (Å²) in [4.78, 5) is 11.7. The van der Waals surface area contributed by atoms with Gasteiger partial charge in [0, 0.05) is 18.2 Å². The maximum absolute atomic E-state index is 11.7. The lowest BCUT2D eigenvalue weighted by Gasteiger charge is -2.09. The van der Waals surface area contributed by atoms with Crippen LogP contribution in [0.15, 0.2) is 46.9 Å². The normalized spacial score (nSPS) is 12.5. The molecule has 2 aromatic rings. The molecule has 0 fully saturated rings. The Bertz CT molecular complexity index is 629. The third-order valence-electron chi connectivity index (χ3n) is 3.13. The summed E-state index contributed by atoms with van der Waals surface area (Å²) >= 11 is 0. The van der Waals surface area contributed by atoms with Gasteiger partial charge >= 0.3 is 0 Å². The number of carbonyl (C=O) groups is 1. The van der Waals surface area contributed by atoms with E-state index < -0.39 is 6.10 Å². The third-order valence-corrected chi connectivity index (χ3v) is 3.13. The quantitative estimate of drug-likeness (QED) is 0.830. The third kappa shape index (κ3) is 4.33. The highest BCUT2D eigenvalue weighted by Crippen LogP contribution is 2.20. The van der Waals surface area contributed by atoms with Crippen LogP contribution < -0.4 is 5.32 Å². The summed E-state index contributed by atoms with van der Waals surface area (Å²) in [6.45, 7) is 3.77. The molecule has 1 heterocycles. The molecule has 1 atom stereocenters. The van der Waals surface area contributed by atoms with Gasteiger partial charge in [-0.2, -0.15) is 0 Å². The zero-order chi connectivity index (χ0) is 15.2. The fraction of sp³-hybridized carbons (Fsp3) is 0.235. The number of benzene rings is 1. The van der Waals surface area contributed by atoms with Crippen molar-refractivity contribution in [3.05, 3.63) is 65.1 Å². The largest absolute Gasteiger partial charge is 0.466 e. The Kier molecular flexibility index (Phi) is 4.95. The maximum Gasteiger partial charge on any atom is 0.244 e. The lowest BCUT2D eigenvalue weighted by atomic mass is 10.1. The minimum absolute atomic E-state index is 0.151. The van der Waals surface area contributed by atoms with Crippen LogP contribution in [-0.4, -0.2) is 17.6 Å². The van der Waals surface area contributed by atoms with Crippen molar-refractivity contribution in [1.82, 2.24) is 5.32 Å². The van der Waals surface area contributed by atoms with Gasteiger partial charge in [0.05, 0.1) is 6.10 Å². The molecule has 1 aromatic heterocycles. The van der Waals surface area contributed by atoms with Gasteiger partial charge in [0.1, 0.15) is 11.5 Å². The van der Waals surface area contributed by atoms with Crippen LogP contribution in [0.25, 0.3) is 6.08 Å². The number of amides is 1. The first kappa shape index (κ1) is 15.1. The van der Waals surface area contributed by atoms with E-state index in [1.165, 1.54) is 6.08 Å².